The summed E-state index contributed by atoms with van der Waals surface area (Å²) < 4.78 is 48.2. The van der Waals surface area contributed by atoms with Gasteiger partial charge in [0.2, 0.25) is 17.9 Å². The topological polar surface area (TPSA) is 143 Å². The van der Waals surface area contributed by atoms with E-state index >= 15 is 0 Å². The zero-order chi connectivity index (χ0) is 30.4. The molecule has 226 valence electrons. The smallest absolute Gasteiger partial charge is 0.429 e. The number of fused-ring (bicyclic) bond motifs is 1. The van der Waals surface area contributed by atoms with Crippen molar-refractivity contribution >= 4 is 23.6 Å². The average molecular weight is 597 g/mol. The van der Waals surface area contributed by atoms with Gasteiger partial charge in [0.05, 0.1) is 0 Å². The Kier molecular flexibility index (Phi) is 7.36. The molecule has 3 aliphatic heterocycles. The van der Waals surface area contributed by atoms with Gasteiger partial charge in [-0.2, -0.15) is 23.1 Å². The summed E-state index contributed by atoms with van der Waals surface area (Å²) in [6.45, 7) is 2.23. The lowest BCUT2D eigenvalue weighted by Crippen LogP contribution is -2.41. The number of hydrogen-bond donors (Lipinski definition) is 4. The number of aliphatic carboxylic acids is 1. The number of aromatic nitrogens is 2. The van der Waals surface area contributed by atoms with Gasteiger partial charge in [-0.1, -0.05) is 36.4 Å². The second-order valence-corrected chi connectivity index (χ2v) is 11.4. The highest BCUT2D eigenvalue weighted by Crippen LogP contribution is 2.41. The van der Waals surface area contributed by atoms with Crippen molar-refractivity contribution in [3.05, 3.63) is 65.2 Å². The number of nitrogens with zero attached hydrogens (tertiary/aromatic N) is 3. The molecule has 2 aromatic carbocycles. The Balaban J connectivity index is 1.18. The molecule has 10 nitrogen and oxygen atoms in total. The Morgan fingerprint density at radius 2 is 1.81 bits per heavy atom. The Morgan fingerprint density at radius 3 is 2.49 bits per heavy atom. The number of halogens is 3. The Labute approximate surface area is 245 Å². The number of benzene rings is 2. The fraction of sp³-hybridized carbons (Fsp3) is 0.400. The van der Waals surface area contributed by atoms with Crippen LogP contribution in [0, 0.1) is 5.41 Å². The van der Waals surface area contributed by atoms with Gasteiger partial charge in [0, 0.05) is 43.4 Å². The third-order valence-corrected chi connectivity index (χ3v) is 8.63. The number of anilines is 2. The lowest BCUT2D eigenvalue weighted by atomic mass is 9.76. The highest BCUT2D eigenvalue weighted by molar-refractivity contribution is 5.97. The molecule has 3 aliphatic rings. The molecule has 3 aromatic rings. The molecule has 2 atom stereocenters. The van der Waals surface area contributed by atoms with Crippen molar-refractivity contribution in [3.63, 3.8) is 0 Å². The zero-order valence-electron chi connectivity index (χ0n) is 23.2. The van der Waals surface area contributed by atoms with E-state index < -0.39 is 24.3 Å². The van der Waals surface area contributed by atoms with Crippen molar-refractivity contribution in [2.45, 2.75) is 44.0 Å². The fourth-order valence-electron chi connectivity index (χ4n) is 6.24. The first-order valence-corrected chi connectivity index (χ1v) is 14.1. The van der Waals surface area contributed by atoms with Crippen LogP contribution in [0.25, 0.3) is 11.1 Å². The third kappa shape index (κ3) is 5.94. The number of carbonyl (C=O) groups is 2. The number of nitrogens with two attached hydrogens (primary N) is 1. The van der Waals surface area contributed by atoms with Crippen LogP contribution in [0.3, 0.4) is 0 Å². The Morgan fingerprint density at radius 1 is 1.09 bits per heavy atom. The minimum absolute atomic E-state index is 0.103. The monoisotopic (exact) mass is 596 g/mol. The summed E-state index contributed by atoms with van der Waals surface area (Å²) in [6, 6.07) is 12.1. The highest BCUT2D eigenvalue weighted by atomic mass is 19.4. The number of carboxylic acids is 1. The molecule has 1 unspecified atom stereocenters. The quantitative estimate of drug-likeness (QED) is 0.335. The Hall–Kier alpha value is -4.39. The van der Waals surface area contributed by atoms with Crippen molar-refractivity contribution in [2.75, 3.05) is 36.8 Å². The first-order chi connectivity index (χ1) is 20.5. The number of ether oxygens (including phenoxy) is 1. The molecule has 2 saturated heterocycles. The van der Waals surface area contributed by atoms with Gasteiger partial charge in [-0.05, 0) is 53.9 Å². The largest absolute Gasteiger partial charge is 0.480 e. The third-order valence-electron chi connectivity index (χ3n) is 8.63. The minimum atomic E-state index is -4.74. The lowest BCUT2D eigenvalue weighted by Gasteiger charge is -2.39. The van der Waals surface area contributed by atoms with E-state index in [1.165, 1.54) is 18.2 Å². The molecule has 0 saturated carbocycles. The number of alkyl halides is 3. The van der Waals surface area contributed by atoms with Crippen molar-refractivity contribution in [1.82, 2.24) is 20.6 Å². The molecule has 43 heavy (non-hydrogen) atoms. The van der Waals surface area contributed by atoms with Crippen LogP contribution in [0.2, 0.25) is 0 Å². The molecule has 4 heterocycles. The minimum Gasteiger partial charge on any atom is -0.480 e. The molecule has 1 spiro atoms. The number of hydrogen-bond acceptors (Lipinski definition) is 8. The van der Waals surface area contributed by atoms with E-state index in [1.807, 2.05) is 11.0 Å². The van der Waals surface area contributed by atoms with E-state index in [9.17, 15) is 27.9 Å². The molecule has 0 aliphatic carbocycles. The van der Waals surface area contributed by atoms with Crippen molar-refractivity contribution in [1.29, 1.82) is 0 Å². The number of amides is 1. The van der Waals surface area contributed by atoms with E-state index in [2.05, 4.69) is 20.6 Å². The summed E-state index contributed by atoms with van der Waals surface area (Å²) in [5.41, 5.74) is 8.65. The lowest BCUT2D eigenvalue weighted by molar-refractivity contribution is -0.198. The maximum Gasteiger partial charge on any atom is 0.429 e. The molecule has 6 rings (SSSR count). The van der Waals surface area contributed by atoms with Gasteiger partial charge in [-0.15, -0.1) is 0 Å². The van der Waals surface area contributed by atoms with Gasteiger partial charge in [0.15, 0.2) is 0 Å². The number of nitrogens with one attached hydrogen (secondary N) is 2. The number of piperidine rings is 1. The molecular weight excluding hydrogens is 565 g/mol. The summed E-state index contributed by atoms with van der Waals surface area (Å²) in [6.07, 6.45) is -4.40. The standard InChI is InChI=1S/C30H31F3N6O4/c31-30(32,33)25(18-3-1-17(2-4-18)19-5-6-21-20(13-19)7-10-35-26(21)40)43-24-14-23(37-28(34)38-24)39-11-8-29(9-12-39)15-22(27(41)42)36-16-29/h1-6,13-14,22,25,36H,7-12,15-16H2,(H,35,40)(H,41,42)(H2,34,37,38)/t22?,25-/m1/s1. The Bertz CT molecular complexity index is 1540. The molecule has 1 amide bonds. The molecule has 13 heteroatoms. The van der Waals surface area contributed by atoms with Crippen LogP contribution in [-0.2, 0) is 11.2 Å². The fourth-order valence-corrected chi connectivity index (χ4v) is 6.24. The first kappa shape index (κ1) is 28.7. The second kappa shape index (κ2) is 11.0. The molecule has 0 radical (unpaired) electrons. The van der Waals surface area contributed by atoms with Crippen LogP contribution in [0.15, 0.2) is 48.5 Å². The maximum absolute atomic E-state index is 14.3. The van der Waals surface area contributed by atoms with Crippen LogP contribution in [0.5, 0.6) is 5.88 Å². The van der Waals surface area contributed by atoms with Crippen LogP contribution >= 0.6 is 0 Å². The summed E-state index contributed by atoms with van der Waals surface area (Å²) >= 11 is 0. The summed E-state index contributed by atoms with van der Waals surface area (Å²) in [4.78, 5) is 33.5. The van der Waals surface area contributed by atoms with Crippen molar-refractivity contribution < 1.29 is 32.6 Å². The maximum atomic E-state index is 14.3. The van der Waals surface area contributed by atoms with Crippen LogP contribution in [0.1, 0.15) is 46.9 Å². The molecule has 5 N–H and O–H groups in total. The summed E-state index contributed by atoms with van der Waals surface area (Å²) in [5, 5.41) is 15.2. The second-order valence-electron chi connectivity index (χ2n) is 11.4. The summed E-state index contributed by atoms with van der Waals surface area (Å²) in [5.74, 6) is -1.15. The average Bonchev–Trinajstić information content (AvgIpc) is 3.39. The first-order valence-electron chi connectivity index (χ1n) is 14.1. The SMILES string of the molecule is Nc1nc(O[C@H](c2ccc(-c3ccc4c(c3)CCNC4=O)cc2)C(F)(F)F)cc(N2CCC3(CC2)CNC(C(=O)O)C3)n1. The number of rotatable bonds is 6. The van der Waals surface area contributed by atoms with Crippen molar-refractivity contribution in [2.24, 2.45) is 5.41 Å². The van der Waals surface area contributed by atoms with E-state index in [-0.39, 0.29) is 28.7 Å². The summed E-state index contributed by atoms with van der Waals surface area (Å²) in [7, 11) is 0. The van der Waals surface area contributed by atoms with Gasteiger partial charge in [-0.3, -0.25) is 9.59 Å². The molecule has 2 fully saturated rings. The van der Waals surface area contributed by atoms with E-state index in [1.54, 1.807) is 24.3 Å². The normalized spacial score (nSPS) is 20.4. The van der Waals surface area contributed by atoms with Gasteiger partial charge in [0.1, 0.15) is 11.9 Å². The van der Waals surface area contributed by atoms with Gasteiger partial charge >= 0.3 is 12.1 Å². The van der Waals surface area contributed by atoms with Crippen LogP contribution in [-0.4, -0.2) is 65.3 Å². The van der Waals surface area contributed by atoms with E-state index in [4.69, 9.17) is 10.5 Å². The van der Waals surface area contributed by atoms with E-state index in [0.717, 1.165) is 11.1 Å². The zero-order valence-corrected chi connectivity index (χ0v) is 23.2. The number of carbonyl (C=O) groups excluding carboxylic acids is 1. The highest BCUT2D eigenvalue weighted by Gasteiger charge is 2.45. The van der Waals surface area contributed by atoms with Gasteiger partial charge in [0.25, 0.3) is 5.91 Å². The molecular formula is C30H31F3N6O4. The molecule has 1 aromatic heterocycles. The van der Waals surface area contributed by atoms with Crippen molar-refractivity contribution in [3.8, 4) is 17.0 Å². The number of carboxylic acid groups (broad SMARTS) is 1. The van der Waals surface area contributed by atoms with Gasteiger partial charge in [-0.25, -0.2) is 0 Å². The van der Waals surface area contributed by atoms with Crippen LogP contribution in [0.4, 0.5) is 24.9 Å². The van der Waals surface area contributed by atoms with Crippen LogP contribution < -0.4 is 26.0 Å². The number of nitrogen functional groups attached to an aromatic ring is 1. The van der Waals surface area contributed by atoms with Gasteiger partial charge < -0.3 is 31.1 Å². The van der Waals surface area contributed by atoms with E-state index in [0.29, 0.717) is 68.8 Å². The predicted octanol–water partition coefficient (Wildman–Crippen LogP) is 3.73. The molecule has 0 bridgehead atoms. The predicted molar refractivity (Wildman–Crippen MR) is 152 cm³/mol.